The monoisotopic (exact) mass is 79.1 g/mol. The molecule has 0 aromatic rings. The van der Waals surface area contributed by atoms with Crippen LogP contribution in [-0.2, 0) is 0 Å². The van der Waals surface area contributed by atoms with Gasteiger partial charge in [-0.25, -0.2) is 0 Å². The molecule has 0 aliphatic carbocycles. The first-order valence-corrected chi connectivity index (χ1v) is 2.36. The van der Waals surface area contributed by atoms with E-state index >= 15 is 0 Å². The minimum absolute atomic E-state index is 0.273. The Balaban J connectivity index is 2.63. The zero-order chi connectivity index (χ0) is 4.99. The number of rotatable bonds is 2. The summed E-state index contributed by atoms with van der Waals surface area (Å²) in [7, 11) is 7.42. The third-order valence-electron chi connectivity index (χ3n) is 0.607. The Morgan fingerprint density at radius 2 is 2.33 bits per heavy atom. The van der Waals surface area contributed by atoms with Gasteiger partial charge in [-0.15, -0.1) is 5.72 Å². The highest BCUT2D eigenvalue weighted by molar-refractivity contribution is 6.49. The molecule has 6 heavy (non-hydrogen) atoms. The molecule has 0 saturated heterocycles. The highest BCUT2D eigenvalue weighted by Gasteiger charge is 1.88. The molecule has 0 N–H and O–H groups in total. The summed E-state index contributed by atoms with van der Waals surface area (Å²) in [6, 6.07) is 0. The predicted molar refractivity (Wildman–Crippen MR) is 31.4 cm³/mol. The minimum Gasteiger partial charge on any atom is -0.105 e. The highest BCUT2D eigenvalue weighted by Crippen LogP contribution is 1.92. The van der Waals surface area contributed by atoms with Crippen molar-refractivity contribution in [3.63, 3.8) is 0 Å². The van der Waals surface area contributed by atoms with Gasteiger partial charge in [0.25, 0.3) is 0 Å². The molecule has 0 aliphatic heterocycles. The summed E-state index contributed by atoms with van der Waals surface area (Å²) in [5.41, 5.74) is 0.273. The molecule has 1 unspecified atom stereocenters. The Kier molecular flexibility index (Phi) is 3.40. The second-order valence-corrected chi connectivity index (χ2v) is 1.50. The second-order valence-electron chi connectivity index (χ2n) is 1.50. The van der Waals surface area contributed by atoms with Gasteiger partial charge in [0.05, 0.1) is 7.85 Å². The van der Waals surface area contributed by atoms with Crippen LogP contribution in [0.1, 0.15) is 13.8 Å². The molecule has 0 heterocycles. The van der Waals surface area contributed by atoms with E-state index in [1.54, 1.807) is 0 Å². The van der Waals surface area contributed by atoms with Crippen LogP contribution in [0, 0.1) is 0 Å². The van der Waals surface area contributed by atoms with Gasteiger partial charge >= 0.3 is 0 Å². The molecule has 0 aliphatic rings. The van der Waals surface area contributed by atoms with E-state index in [2.05, 4.69) is 14.2 Å². The van der Waals surface area contributed by atoms with Crippen LogP contribution >= 0.6 is 0 Å². The number of hydrogen-bond acceptors (Lipinski definition) is 0. The van der Waals surface area contributed by atoms with E-state index in [-0.39, 0.29) is 5.72 Å². The third-order valence-corrected chi connectivity index (χ3v) is 0.607. The van der Waals surface area contributed by atoms with Gasteiger partial charge in [0.2, 0.25) is 0 Å². The molecule has 2 heteroatoms. The summed E-state index contributed by atoms with van der Waals surface area (Å²) in [4.78, 5) is 0. The molecule has 0 bridgehead atoms. The Labute approximate surface area is 42.0 Å². The van der Waals surface area contributed by atoms with Crippen LogP contribution < -0.4 is 0 Å². The maximum absolute atomic E-state index is 5.35. The number of hydrogen-bond donors (Lipinski definition) is 0. The van der Waals surface area contributed by atoms with Crippen molar-refractivity contribution in [3.05, 3.63) is 0 Å². The predicted octanol–water partition coefficient (Wildman–Crippen LogP) is 1.06. The van der Waals surface area contributed by atoms with E-state index in [0.29, 0.717) is 0 Å². The Hall–Kier alpha value is 0.130. The van der Waals surface area contributed by atoms with Crippen molar-refractivity contribution in [1.29, 1.82) is 0 Å². The Morgan fingerprint density at radius 1 is 1.83 bits per heavy atom. The lowest BCUT2D eigenvalue weighted by Gasteiger charge is -1.93. The molecule has 0 spiro atoms. The molecule has 0 rings (SSSR count). The van der Waals surface area contributed by atoms with Gasteiger partial charge in [-0.1, -0.05) is 20.2 Å². The quantitative estimate of drug-likeness (QED) is 0.434. The van der Waals surface area contributed by atoms with Gasteiger partial charge < -0.3 is 0 Å². The van der Waals surface area contributed by atoms with Gasteiger partial charge in [0, 0.05) is 0 Å². The molecule has 0 amide bonds. The first kappa shape index (κ1) is 6.13. The van der Waals surface area contributed by atoms with Crippen molar-refractivity contribution in [2.24, 2.45) is 0 Å². The van der Waals surface area contributed by atoms with E-state index < -0.39 is 0 Å². The molecule has 3 radical (unpaired) electrons. The standard InChI is InChI=1S/C4H9B2/c1-3-6-4(2)5/h4H,3H2,1-2H3. The highest BCUT2D eigenvalue weighted by atomic mass is 13.6. The smallest absolute Gasteiger partial charge is 0.102 e. The fourth-order valence-electron chi connectivity index (χ4n) is 0.372. The van der Waals surface area contributed by atoms with Crippen molar-refractivity contribution in [2.75, 3.05) is 0 Å². The van der Waals surface area contributed by atoms with Crippen LogP contribution in [0.15, 0.2) is 0 Å². The molecule has 0 nitrogen and oxygen atoms in total. The average molecular weight is 78.7 g/mol. The van der Waals surface area contributed by atoms with Gasteiger partial charge in [-0.2, -0.15) is 0 Å². The third kappa shape index (κ3) is 4.13. The Bertz CT molecular complexity index is 26.7. The van der Waals surface area contributed by atoms with Crippen LogP contribution in [0.25, 0.3) is 0 Å². The van der Waals surface area contributed by atoms with Crippen molar-refractivity contribution < 1.29 is 0 Å². The van der Waals surface area contributed by atoms with Gasteiger partial charge in [-0.05, 0) is 0 Å². The lowest BCUT2D eigenvalue weighted by molar-refractivity contribution is 1.29. The van der Waals surface area contributed by atoms with E-state index in [1.165, 1.54) is 0 Å². The summed E-state index contributed by atoms with van der Waals surface area (Å²) < 4.78 is 0. The normalized spacial score (nSPS) is 13.7. The molecule has 31 valence electrons. The zero-order valence-corrected chi connectivity index (χ0v) is 4.44. The average Bonchev–Trinajstić information content (AvgIpc) is 1.35. The Morgan fingerprint density at radius 3 is 2.33 bits per heavy atom. The molecular weight excluding hydrogens is 69.7 g/mol. The summed E-state index contributed by atoms with van der Waals surface area (Å²) in [6.45, 7) is 4.06. The fraction of sp³-hybridized carbons (Fsp3) is 1.00. The second kappa shape index (κ2) is 3.32. The maximum atomic E-state index is 5.35. The molecule has 0 saturated carbocycles. The van der Waals surface area contributed by atoms with E-state index in [1.807, 2.05) is 6.92 Å². The lowest BCUT2D eigenvalue weighted by atomic mass is 9.54. The van der Waals surface area contributed by atoms with E-state index in [0.717, 1.165) is 6.32 Å². The lowest BCUT2D eigenvalue weighted by Crippen LogP contribution is -1.94. The van der Waals surface area contributed by atoms with Gasteiger partial charge in [-0.3, -0.25) is 0 Å². The van der Waals surface area contributed by atoms with Crippen molar-refractivity contribution in [3.8, 4) is 0 Å². The first-order valence-electron chi connectivity index (χ1n) is 2.36. The molecular formula is C4H9B2. The molecule has 0 fully saturated rings. The topological polar surface area (TPSA) is 0 Å². The summed E-state index contributed by atoms with van der Waals surface area (Å²) in [5, 5.41) is 0. The SMILES string of the molecule is [B]C(C)[B]CC. The van der Waals surface area contributed by atoms with E-state index in [9.17, 15) is 0 Å². The summed E-state index contributed by atoms with van der Waals surface area (Å²) >= 11 is 0. The van der Waals surface area contributed by atoms with Crippen LogP contribution in [0.5, 0.6) is 0 Å². The minimum atomic E-state index is 0.273. The molecule has 1 atom stereocenters. The maximum Gasteiger partial charge on any atom is 0.102 e. The zero-order valence-electron chi connectivity index (χ0n) is 4.44. The van der Waals surface area contributed by atoms with Crippen molar-refractivity contribution in [2.45, 2.75) is 25.9 Å². The van der Waals surface area contributed by atoms with Crippen LogP contribution in [0.4, 0.5) is 0 Å². The first-order chi connectivity index (χ1) is 2.77. The van der Waals surface area contributed by atoms with E-state index in [4.69, 9.17) is 7.85 Å². The van der Waals surface area contributed by atoms with Gasteiger partial charge in [0.1, 0.15) is 7.28 Å². The molecule has 0 aromatic heterocycles. The van der Waals surface area contributed by atoms with Crippen LogP contribution in [-0.4, -0.2) is 15.1 Å². The van der Waals surface area contributed by atoms with Gasteiger partial charge in [0.15, 0.2) is 0 Å². The fourth-order valence-corrected chi connectivity index (χ4v) is 0.372. The molecule has 0 aromatic carbocycles. The summed E-state index contributed by atoms with van der Waals surface area (Å²) in [5.74, 6) is 0. The largest absolute Gasteiger partial charge is 0.105 e. The van der Waals surface area contributed by atoms with Crippen LogP contribution in [0.2, 0.25) is 12.0 Å². The van der Waals surface area contributed by atoms with Crippen LogP contribution in [0.3, 0.4) is 0 Å². The van der Waals surface area contributed by atoms with Crippen molar-refractivity contribution >= 4 is 15.1 Å². The van der Waals surface area contributed by atoms with Crippen molar-refractivity contribution in [1.82, 2.24) is 0 Å². The summed E-state index contributed by atoms with van der Waals surface area (Å²) in [6.07, 6.45) is 1.08.